The highest BCUT2D eigenvalue weighted by atomic mass is 16.5. The van der Waals surface area contributed by atoms with E-state index in [2.05, 4.69) is 5.32 Å². The molecule has 5 nitrogen and oxygen atoms in total. The van der Waals surface area contributed by atoms with Gasteiger partial charge in [0.05, 0.1) is 13.7 Å². The van der Waals surface area contributed by atoms with Crippen LogP contribution in [0.5, 0.6) is 11.5 Å². The van der Waals surface area contributed by atoms with Gasteiger partial charge in [-0.05, 0) is 29.8 Å². The number of nitrogens with two attached hydrogens (primary N) is 1. The van der Waals surface area contributed by atoms with Gasteiger partial charge in [0.15, 0.2) is 0 Å². The minimum atomic E-state index is -0.665. The van der Waals surface area contributed by atoms with Crippen molar-refractivity contribution in [2.24, 2.45) is 5.73 Å². The average Bonchev–Trinajstić information content (AvgIpc) is 2.59. The summed E-state index contributed by atoms with van der Waals surface area (Å²) in [4.78, 5) is 11.9. The number of nitrogens with one attached hydrogen (secondary N) is 1. The summed E-state index contributed by atoms with van der Waals surface area (Å²) in [5.74, 6) is 1.28. The van der Waals surface area contributed by atoms with E-state index in [0.29, 0.717) is 13.2 Å². The maximum absolute atomic E-state index is 11.9. The lowest BCUT2D eigenvalue weighted by Gasteiger charge is -2.13. The fraction of sp³-hybridized carbons (Fsp3) is 0.235. The van der Waals surface area contributed by atoms with Crippen molar-refractivity contribution in [1.29, 1.82) is 0 Å². The van der Waals surface area contributed by atoms with Gasteiger partial charge >= 0.3 is 0 Å². The summed E-state index contributed by atoms with van der Waals surface area (Å²) in [7, 11) is 1.61. The van der Waals surface area contributed by atoms with E-state index in [-0.39, 0.29) is 5.91 Å². The minimum Gasteiger partial charge on any atom is -0.497 e. The summed E-state index contributed by atoms with van der Waals surface area (Å²) >= 11 is 0. The van der Waals surface area contributed by atoms with Gasteiger partial charge in [-0.25, -0.2) is 0 Å². The first-order valence-corrected chi connectivity index (χ1v) is 7.06. The molecule has 1 amide bonds. The molecule has 0 aliphatic heterocycles. The van der Waals surface area contributed by atoms with Gasteiger partial charge in [0.25, 0.3) is 0 Å². The normalized spacial score (nSPS) is 11.5. The maximum Gasteiger partial charge on any atom is 0.241 e. The van der Waals surface area contributed by atoms with Gasteiger partial charge in [-0.3, -0.25) is 4.79 Å². The van der Waals surface area contributed by atoms with E-state index in [9.17, 15) is 4.79 Å². The quantitative estimate of drug-likeness (QED) is 0.766. The van der Waals surface area contributed by atoms with Crippen LogP contribution in [0.3, 0.4) is 0 Å². The van der Waals surface area contributed by atoms with Crippen molar-refractivity contribution < 1.29 is 14.3 Å². The van der Waals surface area contributed by atoms with Crippen LogP contribution in [-0.2, 0) is 4.79 Å². The lowest BCUT2D eigenvalue weighted by Crippen LogP contribution is -2.36. The van der Waals surface area contributed by atoms with Crippen molar-refractivity contribution in [3.05, 3.63) is 60.2 Å². The van der Waals surface area contributed by atoms with Crippen molar-refractivity contribution in [2.75, 3.05) is 20.3 Å². The van der Waals surface area contributed by atoms with Gasteiger partial charge < -0.3 is 20.5 Å². The summed E-state index contributed by atoms with van der Waals surface area (Å²) in [5.41, 5.74) is 6.69. The Morgan fingerprint density at radius 1 is 1.09 bits per heavy atom. The van der Waals surface area contributed by atoms with Gasteiger partial charge in [0, 0.05) is 0 Å². The first-order chi connectivity index (χ1) is 10.7. The molecule has 0 bridgehead atoms. The Bertz CT molecular complexity index is 585. The number of hydrogen-bond donors (Lipinski definition) is 2. The highest BCUT2D eigenvalue weighted by Gasteiger charge is 2.14. The van der Waals surface area contributed by atoms with Crippen LogP contribution in [-0.4, -0.2) is 26.2 Å². The van der Waals surface area contributed by atoms with Crippen LogP contribution in [0, 0.1) is 0 Å². The average molecular weight is 300 g/mol. The molecule has 2 aromatic rings. The summed E-state index contributed by atoms with van der Waals surface area (Å²) in [5, 5.41) is 2.76. The number of benzene rings is 2. The Balaban J connectivity index is 1.72. The smallest absolute Gasteiger partial charge is 0.241 e. The molecule has 0 saturated heterocycles. The third-order valence-corrected chi connectivity index (χ3v) is 3.17. The number of carbonyl (C=O) groups excluding carboxylic acids is 1. The van der Waals surface area contributed by atoms with E-state index in [1.54, 1.807) is 7.11 Å². The van der Waals surface area contributed by atoms with Crippen LogP contribution in [0.1, 0.15) is 11.6 Å². The molecule has 0 saturated carbocycles. The molecule has 0 unspecified atom stereocenters. The first-order valence-electron chi connectivity index (χ1n) is 7.06. The number of ether oxygens (including phenoxy) is 2. The van der Waals surface area contributed by atoms with Crippen LogP contribution in [0.25, 0.3) is 0 Å². The molecule has 116 valence electrons. The van der Waals surface area contributed by atoms with Gasteiger partial charge in [0.2, 0.25) is 5.91 Å². The molecule has 0 aromatic heterocycles. The minimum absolute atomic E-state index is 0.218. The number of hydrogen-bond acceptors (Lipinski definition) is 4. The van der Waals surface area contributed by atoms with Crippen molar-refractivity contribution in [3.8, 4) is 11.5 Å². The van der Waals surface area contributed by atoms with Crippen molar-refractivity contribution in [3.63, 3.8) is 0 Å². The fourth-order valence-electron chi connectivity index (χ4n) is 1.94. The molecule has 0 aliphatic rings. The Labute approximate surface area is 130 Å². The van der Waals surface area contributed by atoms with Gasteiger partial charge in [-0.15, -0.1) is 0 Å². The van der Waals surface area contributed by atoms with E-state index in [0.717, 1.165) is 17.1 Å². The van der Waals surface area contributed by atoms with E-state index >= 15 is 0 Å². The number of methoxy groups -OCH3 is 1. The Hall–Kier alpha value is -2.53. The second-order valence-electron chi connectivity index (χ2n) is 4.70. The predicted octanol–water partition coefficient (Wildman–Crippen LogP) is 1.89. The third kappa shape index (κ3) is 4.49. The monoisotopic (exact) mass is 300 g/mol. The Morgan fingerprint density at radius 3 is 2.36 bits per heavy atom. The molecule has 2 aromatic carbocycles. The standard InChI is InChI=1S/C17H20N2O3/c1-21-14-7-9-15(10-8-14)22-12-11-19-17(20)16(18)13-5-3-2-4-6-13/h2-10,16H,11-12,18H2,1H3,(H,19,20)/t16-/m0/s1. The molecular weight excluding hydrogens is 280 g/mol. The first kappa shape index (κ1) is 15.9. The second kappa shape index (κ2) is 8.05. The van der Waals surface area contributed by atoms with Gasteiger partial charge in [-0.2, -0.15) is 0 Å². The molecule has 0 radical (unpaired) electrons. The summed E-state index contributed by atoms with van der Waals surface area (Å²) in [6, 6.07) is 15.9. The highest BCUT2D eigenvalue weighted by molar-refractivity contribution is 5.82. The van der Waals surface area contributed by atoms with Gasteiger partial charge in [0.1, 0.15) is 24.1 Å². The van der Waals surface area contributed by atoms with Crippen LogP contribution < -0.4 is 20.5 Å². The number of carbonyl (C=O) groups is 1. The molecule has 0 spiro atoms. The molecule has 3 N–H and O–H groups in total. The van der Waals surface area contributed by atoms with Crippen LogP contribution >= 0.6 is 0 Å². The summed E-state index contributed by atoms with van der Waals surface area (Å²) in [6.07, 6.45) is 0. The predicted molar refractivity (Wildman–Crippen MR) is 84.9 cm³/mol. The fourth-order valence-corrected chi connectivity index (χ4v) is 1.94. The topological polar surface area (TPSA) is 73.6 Å². The van der Waals surface area contributed by atoms with E-state index in [4.69, 9.17) is 15.2 Å². The molecule has 0 aliphatic carbocycles. The molecule has 1 atom stereocenters. The number of amides is 1. The molecule has 22 heavy (non-hydrogen) atoms. The Morgan fingerprint density at radius 2 is 1.73 bits per heavy atom. The van der Waals surface area contributed by atoms with Crippen LogP contribution in [0.2, 0.25) is 0 Å². The van der Waals surface area contributed by atoms with Crippen LogP contribution in [0.15, 0.2) is 54.6 Å². The SMILES string of the molecule is COc1ccc(OCCNC(=O)[C@@H](N)c2ccccc2)cc1. The zero-order chi connectivity index (χ0) is 15.8. The van der Waals surface area contributed by atoms with E-state index in [1.165, 1.54) is 0 Å². The maximum atomic E-state index is 11.9. The van der Waals surface area contributed by atoms with Crippen molar-refractivity contribution in [2.45, 2.75) is 6.04 Å². The lowest BCUT2D eigenvalue weighted by atomic mass is 10.1. The Kier molecular flexibility index (Phi) is 5.80. The van der Waals surface area contributed by atoms with E-state index < -0.39 is 6.04 Å². The van der Waals surface area contributed by atoms with Crippen molar-refractivity contribution >= 4 is 5.91 Å². The summed E-state index contributed by atoms with van der Waals surface area (Å²) < 4.78 is 10.6. The molecule has 5 heteroatoms. The zero-order valence-electron chi connectivity index (χ0n) is 12.5. The second-order valence-corrected chi connectivity index (χ2v) is 4.70. The highest BCUT2D eigenvalue weighted by Crippen LogP contribution is 2.16. The van der Waals surface area contributed by atoms with E-state index in [1.807, 2.05) is 54.6 Å². The number of rotatable bonds is 7. The zero-order valence-corrected chi connectivity index (χ0v) is 12.5. The van der Waals surface area contributed by atoms with Crippen LogP contribution in [0.4, 0.5) is 0 Å². The largest absolute Gasteiger partial charge is 0.497 e. The lowest BCUT2D eigenvalue weighted by molar-refractivity contribution is -0.122. The van der Waals surface area contributed by atoms with Gasteiger partial charge in [-0.1, -0.05) is 30.3 Å². The summed E-state index contributed by atoms with van der Waals surface area (Å²) in [6.45, 7) is 0.769. The molecule has 0 heterocycles. The molecule has 2 rings (SSSR count). The van der Waals surface area contributed by atoms with Crippen molar-refractivity contribution in [1.82, 2.24) is 5.32 Å². The molecular formula is C17H20N2O3. The molecule has 0 fully saturated rings. The third-order valence-electron chi connectivity index (χ3n) is 3.17.